The van der Waals surface area contributed by atoms with Crippen molar-refractivity contribution >= 4 is 135 Å². The molecule has 0 bridgehead atoms. The fraction of sp³-hybridized carbons (Fsp3) is 0.490. The topological polar surface area (TPSA) is 398 Å². The highest BCUT2D eigenvalue weighted by molar-refractivity contribution is 9.10. The van der Waals surface area contributed by atoms with E-state index in [-0.39, 0.29) is 129 Å². The summed E-state index contributed by atoms with van der Waals surface area (Å²) in [4.78, 5) is 68.8. The van der Waals surface area contributed by atoms with Crippen molar-refractivity contribution in [3.8, 4) is 0 Å². The number of pyridine rings is 2. The van der Waals surface area contributed by atoms with Gasteiger partial charge in [0.05, 0.1) is 67.8 Å². The molecule has 4 heterocycles. The average Bonchev–Trinajstić information content (AvgIpc) is 0.759. The van der Waals surface area contributed by atoms with E-state index in [0.29, 0.717) is 91.9 Å². The van der Waals surface area contributed by atoms with Crippen LogP contribution in [0.4, 0.5) is 64.3 Å². The van der Waals surface area contributed by atoms with Gasteiger partial charge in [-0.05, 0) is 205 Å². The SMILES string of the molecule is CC(C(=O)O)c1ccc(CN(C)S(C)(=O)=O)c(F)c1.CC1CCN(c2nc(C(F)(F)F)ccc2CCC(=O)C(C)c2ccc(CN(C)S(C)(=O)=O)c(F)c2)CC1.CC1CCN(c2nc(C(F)(F)F)ccc2CN)CC1.CCOC(=O)C(C)Cl.CCOC(=O)C(C)c1ccc(CCS(C)(=O)=O)c(F)c1.CCOC(=O)C(C)c1ccc(CN(C)S(C)(=O)=O)c(F)c1.CS(=O)(=O)CCc1ccc(Br)cc1F.NCc1ccc(Br)cc1F. The van der Waals surface area contributed by atoms with Gasteiger partial charge in [0.2, 0.25) is 30.1 Å². The number of benzene rings is 6. The van der Waals surface area contributed by atoms with Crippen molar-refractivity contribution in [3.05, 3.63) is 255 Å². The molecule has 0 spiro atoms. The molecule has 826 valence electrons. The predicted molar refractivity (Wildman–Crippen MR) is 555 cm³/mol. The maximum atomic E-state index is 14.7. The fourth-order valence-corrected chi connectivity index (χ4v) is 16.5. The Hall–Kier alpha value is -9.27. The molecule has 5 unspecified atom stereocenters. The molecule has 2 saturated heterocycles. The zero-order valence-electron chi connectivity index (χ0n) is 85.6. The normalized spacial score (nSPS) is 14.2. The van der Waals surface area contributed by atoms with Crippen LogP contribution in [0.3, 0.4) is 0 Å². The summed E-state index contributed by atoms with van der Waals surface area (Å²) >= 11 is 11.6. The van der Waals surface area contributed by atoms with Crippen LogP contribution in [0.2, 0.25) is 0 Å². The lowest BCUT2D eigenvalue weighted by molar-refractivity contribution is -0.145. The molecular weight excluding hydrogens is 2210 g/mol. The number of carboxylic acids is 1. The van der Waals surface area contributed by atoms with Crippen LogP contribution in [0, 0.1) is 46.7 Å². The average molecular weight is 2350 g/mol. The Morgan fingerprint density at radius 1 is 0.419 bits per heavy atom. The minimum atomic E-state index is -4.56. The highest BCUT2D eigenvalue weighted by Gasteiger charge is 2.37. The van der Waals surface area contributed by atoms with Crippen LogP contribution < -0.4 is 21.3 Å². The van der Waals surface area contributed by atoms with Crippen LogP contribution in [0.5, 0.6) is 0 Å². The Labute approximate surface area is 882 Å². The Bertz CT molecular complexity index is 6340. The van der Waals surface area contributed by atoms with Crippen molar-refractivity contribution in [1.29, 1.82) is 0 Å². The lowest BCUT2D eigenvalue weighted by atomic mass is 9.92. The lowest BCUT2D eigenvalue weighted by Crippen LogP contribution is -2.34. The second-order valence-corrected chi connectivity index (χ2v) is 48.6. The number of hydrogen-bond acceptors (Lipinski definition) is 24. The third-order valence-corrected chi connectivity index (χ3v) is 30.0. The van der Waals surface area contributed by atoms with Crippen molar-refractivity contribution in [2.75, 3.05) is 120 Å². The van der Waals surface area contributed by atoms with Gasteiger partial charge in [-0.3, -0.25) is 24.0 Å². The van der Waals surface area contributed by atoms with Crippen LogP contribution in [-0.4, -0.2) is 215 Å². The van der Waals surface area contributed by atoms with Crippen molar-refractivity contribution in [2.24, 2.45) is 23.3 Å². The molecule has 0 saturated carbocycles. The predicted octanol–water partition coefficient (Wildman–Crippen LogP) is 18.7. The van der Waals surface area contributed by atoms with Crippen LogP contribution in [-0.2, 0) is 152 Å². The Morgan fingerprint density at radius 3 is 0.973 bits per heavy atom. The summed E-state index contributed by atoms with van der Waals surface area (Å²) < 4.78 is 291. The first-order chi connectivity index (χ1) is 68.4. The summed E-state index contributed by atoms with van der Waals surface area (Å²) in [7, 11) is -12.3. The Balaban J connectivity index is 0.000000451. The number of halogens is 15. The van der Waals surface area contributed by atoms with Gasteiger partial charge < -0.3 is 40.6 Å². The van der Waals surface area contributed by atoms with Crippen molar-refractivity contribution in [2.45, 2.75) is 195 Å². The molecule has 8 aromatic rings. The summed E-state index contributed by atoms with van der Waals surface area (Å²) in [5.41, 5.74) is 14.0. The van der Waals surface area contributed by atoms with Gasteiger partial charge in [-0.1, -0.05) is 125 Å². The second-order valence-electron chi connectivity index (χ2n) is 35.4. The number of sulfonamides is 3. The molecule has 2 aromatic heterocycles. The highest BCUT2D eigenvalue weighted by atomic mass is 79.9. The molecule has 0 amide bonds. The highest BCUT2D eigenvalue weighted by Crippen LogP contribution is 2.37. The molecule has 2 aliphatic rings. The number of nitrogens with two attached hydrogens (primary N) is 2. The number of ketones is 1. The van der Waals surface area contributed by atoms with E-state index >= 15 is 0 Å². The van der Waals surface area contributed by atoms with E-state index in [2.05, 4.69) is 60.4 Å². The number of nitrogens with zero attached hydrogens (tertiary/aromatic N) is 7. The first-order valence-corrected chi connectivity index (χ1v) is 58.1. The number of piperidine rings is 2. The van der Waals surface area contributed by atoms with Gasteiger partial charge in [-0.25, -0.2) is 91.3 Å². The van der Waals surface area contributed by atoms with Crippen LogP contribution >= 0.6 is 43.5 Å². The van der Waals surface area contributed by atoms with Gasteiger partial charge in [0.1, 0.15) is 88.8 Å². The number of carbonyl (C=O) groups excluding carboxylic acids is 4. The number of Topliss-reactive ketones (excluding diaryl/α,β-unsaturated/α-hetero) is 1. The van der Waals surface area contributed by atoms with Gasteiger partial charge in [0.15, 0.2) is 0 Å². The molecule has 10 rings (SSSR count). The number of carboxylic acid groups (broad SMARTS) is 1. The number of esters is 3. The number of sulfone groups is 2. The first kappa shape index (κ1) is 133. The van der Waals surface area contributed by atoms with E-state index in [0.717, 1.165) is 106 Å². The lowest BCUT2D eigenvalue weighted by Gasteiger charge is -2.33. The largest absolute Gasteiger partial charge is 0.481 e. The Morgan fingerprint density at radius 2 is 0.696 bits per heavy atom. The Kier molecular flexibility index (Phi) is 55.2. The van der Waals surface area contributed by atoms with Crippen LogP contribution in [0.1, 0.15) is 203 Å². The first-order valence-electron chi connectivity index (χ1n) is 46.5. The van der Waals surface area contributed by atoms with Crippen molar-refractivity contribution in [3.63, 3.8) is 0 Å². The fourth-order valence-electron chi connectivity index (χ4n) is 13.5. The summed E-state index contributed by atoms with van der Waals surface area (Å²) in [6.07, 6.45) is 0.687. The number of carbonyl (C=O) groups is 5. The molecule has 0 radical (unpaired) electrons. The van der Waals surface area contributed by atoms with Crippen LogP contribution in [0.15, 0.2) is 142 Å². The molecule has 2 aliphatic heterocycles. The molecular formula is C100H132Br2ClF12N9O19S5. The molecule has 5 N–H and O–H groups in total. The summed E-state index contributed by atoms with van der Waals surface area (Å²) in [5, 5.41) is 8.32. The van der Waals surface area contributed by atoms with Crippen molar-refractivity contribution in [1.82, 2.24) is 22.9 Å². The third-order valence-electron chi connectivity index (χ3n) is 23.2. The summed E-state index contributed by atoms with van der Waals surface area (Å²) in [6, 6.07) is 31.3. The number of aryl methyl sites for hydroxylation is 3. The van der Waals surface area contributed by atoms with E-state index in [1.54, 1.807) is 90.9 Å². The number of aliphatic carboxylic acids is 1. The molecule has 48 heteroatoms. The maximum absolute atomic E-state index is 14.7. The maximum Gasteiger partial charge on any atom is 0.433 e. The van der Waals surface area contributed by atoms with Crippen molar-refractivity contribution < 1.29 is 138 Å². The third kappa shape index (κ3) is 47.3. The van der Waals surface area contributed by atoms with Gasteiger partial charge >= 0.3 is 36.2 Å². The zero-order valence-corrected chi connectivity index (χ0v) is 93.6. The second kappa shape index (κ2) is 61.4. The minimum absolute atomic E-state index is 0.0223. The smallest absolute Gasteiger partial charge is 0.433 e. The molecule has 5 atom stereocenters. The number of hydrogen-bond donors (Lipinski definition) is 3. The monoisotopic (exact) mass is 2340 g/mol. The number of ether oxygens (including phenoxy) is 3. The minimum Gasteiger partial charge on any atom is -0.481 e. The molecule has 0 aliphatic carbocycles. The number of alkyl halides is 7. The number of aromatic nitrogens is 2. The molecule has 6 aromatic carbocycles. The van der Waals surface area contributed by atoms with E-state index in [1.807, 2.05) is 9.80 Å². The number of anilines is 2. The van der Waals surface area contributed by atoms with E-state index < -0.39 is 144 Å². The van der Waals surface area contributed by atoms with Gasteiger partial charge in [0, 0.05) is 142 Å². The number of rotatable bonds is 34. The van der Waals surface area contributed by atoms with Gasteiger partial charge in [0.25, 0.3) is 0 Å². The van der Waals surface area contributed by atoms with E-state index in [1.165, 1.54) is 101 Å². The van der Waals surface area contributed by atoms with Gasteiger partial charge in [-0.2, -0.15) is 26.3 Å². The quantitative estimate of drug-likeness (QED) is 0.0146. The molecule has 28 nitrogen and oxygen atoms in total. The standard InChI is InChI=1S/C26H33F4N3O3S.C14H20FNO4S.C14H19FO4S.C13H18F3N3.C12H16FNO4S.C9H10BrFO2S.C7H7BrFN.C5H9ClO2/c1-17-11-13-33(14-12-17)25-19(8-10-24(31-25)26(28,29)30)7-9-23(34)18(2)20-5-6-21(22(27)15-20)16-32(3)37(4,35)36;1-5-20-14(17)10(2)11-6-7-12(13(15)8-11)9-16(3)21(4,18)19;1-4-19-14(16)10(2)12-6-5-11(13(15)9-12)7-8-20(3,17)18;1-9-4-6-19(7-5-9)12-10(8-17)2-3-11(18-12)13(14,15)16;1-8(12(15)16)9-4-5-10(11(13)6-9)7-14(2)19(3,17)18;1-14(12,13)5-4-7-2-3-8(10)6-9(7)11;8-6-2-1-5(4-10)7(9)3-6;1-3-8-5(7)4(2)6/h5-6,8,10,15,17-18H,7,9,11-14,16H2,1-4H3;6-8,10H,5,9H2,1-4H3;5-6,9-10H,4,7-8H2,1-3H3;2-3,9H,4-8,17H2,1H3;4-6,8H,7H2,1-3H3,(H,15,16);2-3,6H,4-5H2,1H3;1-3H,4,10H2;4H,3H2,1-2H3. The van der Waals surface area contributed by atoms with Gasteiger partial charge in [-0.15, -0.1) is 11.6 Å². The van der Waals surface area contributed by atoms with E-state index in [4.69, 9.17) is 37.6 Å². The zero-order chi connectivity index (χ0) is 113. The van der Waals surface area contributed by atoms with E-state index in [9.17, 15) is 119 Å². The molecule has 148 heavy (non-hydrogen) atoms. The molecule has 2 fully saturated rings. The van der Waals surface area contributed by atoms with Crippen LogP contribution in [0.25, 0.3) is 0 Å². The summed E-state index contributed by atoms with van der Waals surface area (Å²) in [5.74, 6) is -6.21. The summed E-state index contributed by atoms with van der Waals surface area (Å²) in [6.45, 7) is 21.2.